The molecule has 0 aromatic heterocycles. The van der Waals surface area contributed by atoms with Crippen LogP contribution in [0, 0.1) is 0 Å². The Labute approximate surface area is 158 Å². The number of nitrogens with zero attached hydrogens (tertiary/aromatic N) is 2. The largest absolute Gasteiger partial charge is 0.325 e. The van der Waals surface area contributed by atoms with E-state index in [0.717, 1.165) is 25.1 Å². The lowest BCUT2D eigenvalue weighted by Crippen LogP contribution is -2.43. The first-order valence-corrected chi connectivity index (χ1v) is 9.03. The molecule has 2 aromatic rings. The number of fused-ring (bicyclic) bond motifs is 1. The number of amides is 2. The molecule has 26 heavy (non-hydrogen) atoms. The number of benzene rings is 2. The van der Waals surface area contributed by atoms with E-state index in [1.807, 2.05) is 23.1 Å². The van der Waals surface area contributed by atoms with E-state index in [-0.39, 0.29) is 24.9 Å². The number of hydrogen-bond acceptors (Lipinski definition) is 3. The fraction of sp³-hybridized carbons (Fsp3) is 0.300. The van der Waals surface area contributed by atoms with Gasteiger partial charge in [-0.2, -0.15) is 0 Å². The molecule has 0 unspecified atom stereocenters. The van der Waals surface area contributed by atoms with E-state index in [4.69, 9.17) is 11.6 Å². The highest BCUT2D eigenvalue weighted by atomic mass is 35.5. The Morgan fingerprint density at radius 1 is 1.12 bits per heavy atom. The van der Waals surface area contributed by atoms with Gasteiger partial charge in [-0.1, -0.05) is 29.8 Å². The molecule has 0 aliphatic carbocycles. The first-order chi connectivity index (χ1) is 12.5. The Balaban J connectivity index is 1.54. The Morgan fingerprint density at radius 2 is 1.85 bits per heavy atom. The quantitative estimate of drug-likeness (QED) is 0.878. The molecule has 0 bridgehead atoms. The first kappa shape index (κ1) is 18.4. The molecule has 5 nitrogen and oxygen atoms in total. The molecular weight excluding hydrogens is 350 g/mol. The maximum absolute atomic E-state index is 12.7. The number of aryl methyl sites for hydroxylation is 1. The van der Waals surface area contributed by atoms with Crippen molar-refractivity contribution in [2.75, 3.05) is 36.9 Å². The molecule has 2 aromatic carbocycles. The van der Waals surface area contributed by atoms with Gasteiger partial charge in [-0.05, 0) is 55.8 Å². The van der Waals surface area contributed by atoms with Crippen molar-refractivity contribution >= 4 is 34.8 Å². The van der Waals surface area contributed by atoms with Crippen LogP contribution in [0.1, 0.15) is 12.0 Å². The van der Waals surface area contributed by atoms with Crippen molar-refractivity contribution in [3.8, 4) is 0 Å². The summed E-state index contributed by atoms with van der Waals surface area (Å²) in [5.74, 6) is -0.152. The molecule has 3 rings (SSSR count). The number of para-hydroxylation sites is 1. The summed E-state index contributed by atoms with van der Waals surface area (Å²) >= 11 is 5.84. The van der Waals surface area contributed by atoms with Gasteiger partial charge >= 0.3 is 0 Å². The van der Waals surface area contributed by atoms with Crippen molar-refractivity contribution in [3.05, 3.63) is 59.1 Å². The van der Waals surface area contributed by atoms with E-state index in [2.05, 4.69) is 11.4 Å². The monoisotopic (exact) mass is 371 g/mol. The molecular formula is C20H22ClN3O2. The molecule has 1 heterocycles. The Hall–Kier alpha value is -2.37. The third-order valence-electron chi connectivity index (χ3n) is 4.36. The van der Waals surface area contributed by atoms with Crippen molar-refractivity contribution < 1.29 is 9.59 Å². The number of carbonyl (C=O) groups excluding carboxylic acids is 2. The number of nitrogens with one attached hydrogen (secondary N) is 1. The van der Waals surface area contributed by atoms with Crippen molar-refractivity contribution in [1.29, 1.82) is 0 Å². The van der Waals surface area contributed by atoms with Crippen LogP contribution in [-0.2, 0) is 16.0 Å². The van der Waals surface area contributed by atoms with Crippen molar-refractivity contribution in [2.24, 2.45) is 0 Å². The predicted molar refractivity (Wildman–Crippen MR) is 105 cm³/mol. The summed E-state index contributed by atoms with van der Waals surface area (Å²) in [6, 6.07) is 14.9. The van der Waals surface area contributed by atoms with Crippen LogP contribution < -0.4 is 10.2 Å². The molecule has 0 atom stereocenters. The normalized spacial score (nSPS) is 13.4. The molecule has 6 heteroatoms. The van der Waals surface area contributed by atoms with E-state index in [0.29, 0.717) is 10.7 Å². The maximum atomic E-state index is 12.7. The second-order valence-electron chi connectivity index (χ2n) is 6.51. The van der Waals surface area contributed by atoms with E-state index in [1.54, 1.807) is 36.2 Å². The zero-order valence-electron chi connectivity index (χ0n) is 14.7. The molecule has 1 aliphatic rings. The van der Waals surface area contributed by atoms with E-state index in [1.165, 1.54) is 5.56 Å². The first-order valence-electron chi connectivity index (χ1n) is 8.65. The number of halogens is 1. The van der Waals surface area contributed by atoms with Gasteiger partial charge in [-0.3, -0.25) is 14.5 Å². The molecule has 0 saturated carbocycles. The number of anilines is 2. The summed E-state index contributed by atoms with van der Waals surface area (Å²) in [6.45, 7) is 1.06. The fourth-order valence-electron chi connectivity index (χ4n) is 3.14. The van der Waals surface area contributed by atoms with Gasteiger partial charge in [0.2, 0.25) is 11.8 Å². The summed E-state index contributed by atoms with van der Waals surface area (Å²) in [5.41, 5.74) is 2.88. The number of hydrogen-bond donors (Lipinski definition) is 1. The molecule has 0 fully saturated rings. The average Bonchev–Trinajstić information content (AvgIpc) is 2.63. The third-order valence-corrected chi connectivity index (χ3v) is 4.61. The van der Waals surface area contributed by atoms with Crippen LogP contribution in [0.5, 0.6) is 0 Å². The molecule has 136 valence electrons. The van der Waals surface area contributed by atoms with Gasteiger partial charge in [0.1, 0.15) is 0 Å². The number of carbonyl (C=O) groups is 2. The van der Waals surface area contributed by atoms with Gasteiger partial charge in [0, 0.05) is 22.9 Å². The van der Waals surface area contributed by atoms with Crippen LogP contribution in [0.15, 0.2) is 48.5 Å². The van der Waals surface area contributed by atoms with E-state index in [9.17, 15) is 9.59 Å². The predicted octanol–water partition coefficient (Wildman–Crippen LogP) is 3.19. The molecule has 2 amide bonds. The SMILES string of the molecule is CN(CC(=O)Nc1ccc(Cl)cc1)CC(=O)N1CCCc2ccccc21. The van der Waals surface area contributed by atoms with Crippen LogP contribution >= 0.6 is 11.6 Å². The minimum Gasteiger partial charge on any atom is -0.325 e. The second-order valence-corrected chi connectivity index (χ2v) is 6.94. The second kappa shape index (κ2) is 8.34. The lowest BCUT2D eigenvalue weighted by Gasteiger charge is -2.30. The van der Waals surface area contributed by atoms with Gasteiger partial charge in [0.25, 0.3) is 0 Å². The van der Waals surface area contributed by atoms with Gasteiger partial charge in [-0.25, -0.2) is 0 Å². The Bertz CT molecular complexity index is 792. The Morgan fingerprint density at radius 3 is 2.62 bits per heavy atom. The van der Waals surface area contributed by atoms with Crippen molar-refractivity contribution in [1.82, 2.24) is 4.90 Å². The van der Waals surface area contributed by atoms with Gasteiger partial charge in [-0.15, -0.1) is 0 Å². The Kier molecular flexibility index (Phi) is 5.91. The zero-order valence-corrected chi connectivity index (χ0v) is 15.5. The summed E-state index contributed by atoms with van der Waals surface area (Å²) in [4.78, 5) is 28.4. The van der Waals surface area contributed by atoms with E-state index >= 15 is 0 Å². The summed E-state index contributed by atoms with van der Waals surface area (Å²) in [6.07, 6.45) is 1.96. The lowest BCUT2D eigenvalue weighted by molar-refractivity contribution is -0.121. The topological polar surface area (TPSA) is 52.7 Å². The van der Waals surface area contributed by atoms with Crippen LogP contribution in [0.4, 0.5) is 11.4 Å². The highest BCUT2D eigenvalue weighted by Crippen LogP contribution is 2.26. The standard InChI is InChI=1S/C20H22ClN3O2/c1-23(13-19(25)22-17-10-8-16(21)9-11-17)14-20(26)24-12-4-6-15-5-2-3-7-18(15)24/h2-3,5,7-11H,4,6,12-14H2,1H3,(H,22,25). The van der Waals surface area contributed by atoms with Crippen LogP contribution in [0.3, 0.4) is 0 Å². The molecule has 0 spiro atoms. The van der Waals surface area contributed by atoms with Crippen LogP contribution in [0.25, 0.3) is 0 Å². The highest BCUT2D eigenvalue weighted by Gasteiger charge is 2.23. The average molecular weight is 372 g/mol. The minimum absolute atomic E-state index is 0.0129. The summed E-state index contributed by atoms with van der Waals surface area (Å²) in [5, 5.41) is 3.42. The molecule has 1 N–H and O–H groups in total. The molecule has 0 saturated heterocycles. The highest BCUT2D eigenvalue weighted by molar-refractivity contribution is 6.30. The smallest absolute Gasteiger partial charge is 0.241 e. The van der Waals surface area contributed by atoms with Crippen LogP contribution in [0.2, 0.25) is 5.02 Å². The molecule has 1 aliphatic heterocycles. The zero-order chi connectivity index (χ0) is 18.5. The van der Waals surface area contributed by atoms with Gasteiger partial charge in [0.05, 0.1) is 13.1 Å². The fourth-order valence-corrected chi connectivity index (χ4v) is 3.27. The number of rotatable bonds is 5. The lowest BCUT2D eigenvalue weighted by atomic mass is 10.0. The van der Waals surface area contributed by atoms with Crippen LogP contribution in [-0.4, -0.2) is 43.4 Å². The number of likely N-dealkylation sites (N-methyl/N-ethyl adjacent to an activating group) is 1. The summed E-state index contributed by atoms with van der Waals surface area (Å²) in [7, 11) is 1.77. The van der Waals surface area contributed by atoms with E-state index < -0.39 is 0 Å². The van der Waals surface area contributed by atoms with Crippen molar-refractivity contribution in [2.45, 2.75) is 12.8 Å². The third kappa shape index (κ3) is 4.62. The van der Waals surface area contributed by atoms with Gasteiger partial charge < -0.3 is 10.2 Å². The minimum atomic E-state index is -0.165. The summed E-state index contributed by atoms with van der Waals surface area (Å²) < 4.78 is 0. The van der Waals surface area contributed by atoms with Gasteiger partial charge in [0.15, 0.2) is 0 Å². The molecule has 0 radical (unpaired) electrons. The van der Waals surface area contributed by atoms with Crippen molar-refractivity contribution in [3.63, 3.8) is 0 Å². The maximum Gasteiger partial charge on any atom is 0.241 e.